The van der Waals surface area contributed by atoms with Gasteiger partial charge in [0.2, 0.25) is 11.6 Å². The summed E-state index contributed by atoms with van der Waals surface area (Å²) in [5.74, 6) is 0.356. The second-order valence-electron chi connectivity index (χ2n) is 9.00. The van der Waals surface area contributed by atoms with E-state index in [9.17, 15) is 10.2 Å². The van der Waals surface area contributed by atoms with Crippen LogP contribution in [0.25, 0.3) is 10.4 Å². The maximum atomic E-state index is 9.81. The second-order valence-corrected chi connectivity index (χ2v) is 9.00. The normalized spacial score (nSPS) is 18.9. The third-order valence-corrected chi connectivity index (χ3v) is 5.34. The molecule has 4 N–H and O–H groups in total. The van der Waals surface area contributed by atoms with Crippen LogP contribution < -0.4 is 15.2 Å². The number of nitrogens with two attached hydrogens (primary N) is 1. The fourth-order valence-corrected chi connectivity index (χ4v) is 3.48. The Kier molecular flexibility index (Phi) is 8.04. The molecule has 2 atom stereocenters. The number of aliphatic hydroxyl groups excluding tert-OH is 2. The average molecular weight is 473 g/mol. The Balaban J connectivity index is 0.000000192. The first-order chi connectivity index (χ1) is 16.0. The van der Waals surface area contributed by atoms with Gasteiger partial charge >= 0.3 is 0 Å². The van der Waals surface area contributed by atoms with Crippen LogP contribution in [0, 0.1) is 0 Å². The molecule has 0 unspecified atom stereocenters. The molecular weight excluding hydrogens is 440 g/mol. The van der Waals surface area contributed by atoms with Gasteiger partial charge in [0.05, 0.1) is 32.0 Å². The SMILES string of the molecule is CC1(C)OCc2cc([C@@H](O)CN)ccc2O1.CC1(C)OCc2cc([C@@H](O)CN=[N+]=[N-])ccc2O1. The van der Waals surface area contributed by atoms with Gasteiger partial charge in [-0.3, -0.25) is 0 Å². The standard InChI is InChI=1S/C12H15N3O3.C12H17NO3/c1-12(2)17-7-9-5-8(3-4-11(9)18-12)10(16)6-14-15-13;1-12(2)15-7-9-5-8(10(14)6-13)3-4-11(9)16-12/h3-5,10,16H,6-7H2,1-2H3;3-5,10,14H,6-7,13H2,1-2H3/t2*10-/m00/s1. The van der Waals surface area contributed by atoms with Crippen molar-refractivity contribution in [3.63, 3.8) is 0 Å². The molecule has 2 aliphatic rings. The molecule has 10 heteroatoms. The highest BCUT2D eigenvalue weighted by atomic mass is 16.7. The van der Waals surface area contributed by atoms with E-state index in [1.807, 2.05) is 52.0 Å². The third-order valence-electron chi connectivity index (χ3n) is 5.34. The molecule has 0 aromatic heterocycles. The quantitative estimate of drug-likeness (QED) is 0.338. The fourth-order valence-electron chi connectivity index (χ4n) is 3.48. The Morgan fingerprint density at radius 2 is 1.38 bits per heavy atom. The molecule has 2 heterocycles. The summed E-state index contributed by atoms with van der Waals surface area (Å²) in [4.78, 5) is 2.62. The molecule has 10 nitrogen and oxygen atoms in total. The van der Waals surface area contributed by atoms with Crippen LogP contribution in [0.3, 0.4) is 0 Å². The number of hydrogen-bond acceptors (Lipinski definition) is 8. The van der Waals surface area contributed by atoms with Crippen LogP contribution in [0.15, 0.2) is 41.5 Å². The van der Waals surface area contributed by atoms with Crippen LogP contribution in [0.1, 0.15) is 62.2 Å². The zero-order valence-corrected chi connectivity index (χ0v) is 19.9. The molecule has 0 aliphatic carbocycles. The number of ether oxygens (including phenoxy) is 4. The molecular formula is C24H32N4O6. The molecule has 0 radical (unpaired) electrons. The van der Waals surface area contributed by atoms with Gasteiger partial charge in [0, 0.05) is 50.3 Å². The average Bonchev–Trinajstić information content (AvgIpc) is 2.80. The minimum absolute atomic E-state index is 0.0164. The van der Waals surface area contributed by atoms with Gasteiger partial charge in [0.15, 0.2) is 0 Å². The van der Waals surface area contributed by atoms with Crippen molar-refractivity contribution in [3.05, 3.63) is 69.1 Å². The number of fused-ring (bicyclic) bond motifs is 2. The summed E-state index contributed by atoms with van der Waals surface area (Å²) in [6.07, 6.45) is -1.43. The summed E-state index contributed by atoms with van der Waals surface area (Å²) in [6.45, 7) is 8.60. The summed E-state index contributed by atoms with van der Waals surface area (Å²) in [5, 5.41) is 22.8. The minimum atomic E-state index is -0.805. The minimum Gasteiger partial charge on any atom is -0.463 e. The number of hydrogen-bond donors (Lipinski definition) is 3. The first kappa shape index (κ1) is 25.8. The van der Waals surface area contributed by atoms with E-state index in [4.69, 9.17) is 30.2 Å². The van der Waals surface area contributed by atoms with Gasteiger partial charge in [-0.25, -0.2) is 0 Å². The van der Waals surface area contributed by atoms with Gasteiger partial charge in [-0.15, -0.1) is 0 Å². The summed E-state index contributed by atoms with van der Waals surface area (Å²) in [7, 11) is 0. The van der Waals surface area contributed by atoms with Gasteiger partial charge in [-0.2, -0.15) is 0 Å². The molecule has 34 heavy (non-hydrogen) atoms. The van der Waals surface area contributed by atoms with Gasteiger partial charge in [-0.1, -0.05) is 17.2 Å². The molecule has 184 valence electrons. The number of rotatable bonds is 5. The zero-order valence-electron chi connectivity index (χ0n) is 19.9. The van der Waals surface area contributed by atoms with E-state index < -0.39 is 23.8 Å². The lowest BCUT2D eigenvalue weighted by atomic mass is 10.0. The molecule has 2 aromatic carbocycles. The lowest BCUT2D eigenvalue weighted by molar-refractivity contribution is -0.180. The van der Waals surface area contributed by atoms with E-state index in [0.29, 0.717) is 18.8 Å². The predicted molar refractivity (Wildman–Crippen MR) is 125 cm³/mol. The number of benzene rings is 2. The zero-order chi connectivity index (χ0) is 24.9. The van der Waals surface area contributed by atoms with Crippen LogP contribution in [-0.2, 0) is 22.7 Å². The summed E-state index contributed by atoms with van der Waals surface area (Å²) < 4.78 is 22.3. The predicted octanol–water partition coefficient (Wildman–Crippen LogP) is 4.00. The monoisotopic (exact) mass is 472 g/mol. The first-order valence-electron chi connectivity index (χ1n) is 11.0. The summed E-state index contributed by atoms with van der Waals surface area (Å²) in [5.41, 5.74) is 16.9. The smallest absolute Gasteiger partial charge is 0.205 e. The highest BCUT2D eigenvalue weighted by molar-refractivity contribution is 5.40. The maximum Gasteiger partial charge on any atom is 0.205 e. The number of aliphatic hydroxyl groups is 2. The lowest BCUT2D eigenvalue weighted by Gasteiger charge is -2.32. The van der Waals surface area contributed by atoms with E-state index in [2.05, 4.69) is 10.0 Å². The maximum absolute atomic E-state index is 9.81. The molecule has 4 rings (SSSR count). The van der Waals surface area contributed by atoms with E-state index in [-0.39, 0.29) is 13.1 Å². The Bertz CT molecular complexity index is 1050. The van der Waals surface area contributed by atoms with Crippen LogP contribution in [-0.4, -0.2) is 34.9 Å². The van der Waals surface area contributed by atoms with Crippen molar-refractivity contribution >= 4 is 0 Å². The largest absolute Gasteiger partial charge is 0.463 e. The van der Waals surface area contributed by atoms with Crippen molar-refractivity contribution < 1.29 is 29.2 Å². The van der Waals surface area contributed by atoms with Crippen LogP contribution in [0.2, 0.25) is 0 Å². The molecule has 0 amide bonds. The van der Waals surface area contributed by atoms with Crippen molar-refractivity contribution in [1.82, 2.24) is 0 Å². The molecule has 2 aromatic rings. The topological polar surface area (TPSA) is 152 Å². The highest BCUT2D eigenvalue weighted by Crippen LogP contribution is 2.34. The third kappa shape index (κ3) is 6.60. The first-order valence-corrected chi connectivity index (χ1v) is 11.0. The van der Waals surface area contributed by atoms with E-state index in [1.54, 1.807) is 12.1 Å². The Morgan fingerprint density at radius 1 is 0.912 bits per heavy atom. The van der Waals surface area contributed by atoms with Crippen LogP contribution in [0.5, 0.6) is 11.5 Å². The van der Waals surface area contributed by atoms with Gasteiger partial charge < -0.3 is 34.9 Å². The Morgan fingerprint density at radius 3 is 1.82 bits per heavy atom. The van der Waals surface area contributed by atoms with Crippen molar-refractivity contribution in [2.24, 2.45) is 10.8 Å². The van der Waals surface area contributed by atoms with Crippen molar-refractivity contribution in [2.45, 2.75) is 64.7 Å². The highest BCUT2D eigenvalue weighted by Gasteiger charge is 2.28. The van der Waals surface area contributed by atoms with E-state index in [0.717, 1.165) is 28.2 Å². The van der Waals surface area contributed by atoms with Crippen molar-refractivity contribution in [2.75, 3.05) is 13.1 Å². The van der Waals surface area contributed by atoms with Gasteiger partial charge in [-0.05, 0) is 40.9 Å². The molecule has 0 spiro atoms. The summed E-state index contributed by atoms with van der Waals surface area (Å²) in [6, 6.07) is 10.9. The van der Waals surface area contributed by atoms with E-state index in [1.165, 1.54) is 0 Å². The Hall–Kier alpha value is -2.85. The van der Waals surface area contributed by atoms with Crippen molar-refractivity contribution in [1.29, 1.82) is 0 Å². The molecule has 0 bridgehead atoms. The Labute approximate surface area is 198 Å². The summed E-state index contributed by atoms with van der Waals surface area (Å²) >= 11 is 0. The lowest BCUT2D eigenvalue weighted by Crippen LogP contribution is -2.35. The van der Waals surface area contributed by atoms with E-state index >= 15 is 0 Å². The number of azide groups is 1. The molecule has 0 fully saturated rings. The number of nitrogens with zero attached hydrogens (tertiary/aromatic N) is 3. The van der Waals surface area contributed by atoms with Gasteiger partial charge in [0.1, 0.15) is 11.5 Å². The second kappa shape index (κ2) is 10.6. The fraction of sp³-hybridized carbons (Fsp3) is 0.500. The molecule has 0 saturated heterocycles. The van der Waals surface area contributed by atoms with Crippen LogP contribution in [0.4, 0.5) is 0 Å². The van der Waals surface area contributed by atoms with Crippen molar-refractivity contribution in [3.8, 4) is 11.5 Å². The molecule has 0 saturated carbocycles. The van der Waals surface area contributed by atoms with Crippen LogP contribution >= 0.6 is 0 Å². The molecule has 2 aliphatic heterocycles. The van der Waals surface area contributed by atoms with Gasteiger partial charge in [0.25, 0.3) is 0 Å².